The summed E-state index contributed by atoms with van der Waals surface area (Å²) in [6.07, 6.45) is -3.07. The lowest BCUT2D eigenvalue weighted by Gasteiger charge is -2.29. The van der Waals surface area contributed by atoms with E-state index in [0.717, 1.165) is 3.57 Å². The summed E-state index contributed by atoms with van der Waals surface area (Å²) in [6.45, 7) is 0.180. The Morgan fingerprint density at radius 3 is 1.58 bits per heavy atom. The van der Waals surface area contributed by atoms with Gasteiger partial charge in [-0.15, -0.1) is 5.06 Å². The van der Waals surface area contributed by atoms with Crippen molar-refractivity contribution in [3.63, 3.8) is 0 Å². The van der Waals surface area contributed by atoms with Crippen molar-refractivity contribution in [1.82, 2.24) is 31.6 Å². The first-order chi connectivity index (χ1) is 30.2. The van der Waals surface area contributed by atoms with Crippen molar-refractivity contribution in [3.8, 4) is 0 Å². The van der Waals surface area contributed by atoms with Gasteiger partial charge in [0, 0.05) is 53.7 Å². The van der Waals surface area contributed by atoms with Crippen LogP contribution in [0.4, 0.5) is 0 Å². The molecule has 0 aromatic heterocycles. The zero-order chi connectivity index (χ0) is 47.5. The molecule has 350 valence electrons. The van der Waals surface area contributed by atoms with Crippen LogP contribution in [0.2, 0.25) is 0 Å². The Morgan fingerprint density at radius 2 is 1.11 bits per heavy atom. The van der Waals surface area contributed by atoms with E-state index in [1.165, 1.54) is 0 Å². The minimum atomic E-state index is -1.74. The smallest absolute Gasteiger partial charge is 0.336 e. The molecule has 1 heterocycles. The molecule has 1 aromatic carbocycles. The van der Waals surface area contributed by atoms with Gasteiger partial charge < -0.3 is 51.8 Å². The third-order valence-electron chi connectivity index (χ3n) is 10.4. The molecule has 64 heavy (non-hydrogen) atoms. The first kappa shape index (κ1) is 52.1. The summed E-state index contributed by atoms with van der Waals surface area (Å²) < 4.78 is 0.849. The summed E-state index contributed by atoms with van der Waals surface area (Å²) in [6, 6.07) is 0.291. The highest BCUT2D eigenvalue weighted by atomic mass is 127. The van der Waals surface area contributed by atoms with Crippen LogP contribution in [0.3, 0.4) is 0 Å². The number of carboxylic acid groups (broad SMARTS) is 4. The minimum Gasteiger partial charge on any atom is -0.481 e. The Bertz CT molecular complexity index is 1940. The molecule has 0 bridgehead atoms. The minimum absolute atomic E-state index is 0.0953. The van der Waals surface area contributed by atoms with Crippen LogP contribution in [0.15, 0.2) is 24.3 Å². The number of hydrogen-bond donors (Lipinski definition) is 9. The fraction of sp³-hybridized carbons (Fsp3) is 0.550. The van der Waals surface area contributed by atoms with Gasteiger partial charge >= 0.3 is 29.8 Å². The quantitative estimate of drug-likeness (QED) is 0.0341. The number of imide groups is 1. The summed E-state index contributed by atoms with van der Waals surface area (Å²) in [5, 5.41) is 50.2. The predicted octanol–water partition coefficient (Wildman–Crippen LogP) is 0.223. The molecular weight excluding hydrogens is 963 g/mol. The standard InChI is InChI=1S/C40H51IN6O17/c41-24-5-3-4-23(20-24)34(56)42-19-2-1-6-28(39(61)62)46-38(60)27(13-18-33(54)55)45-37(59)26(12-17-32(52)53)44-36(58)25(11-16-31(50)51)43-35(57)21-7-9-22(10-8-21)40(63)64-47-29(48)14-15-30(47)49/h3-5,20-22,25-28H,1-2,6-19H2,(H,42,56)(H,43,57)(H,44,58)(H,45,59)(H,46,60)(H,50,51)(H,52,53)(H,54,55)(H,61,62)/t21-,22-,25-,26?,27-,28-/m1/s1. The fourth-order valence-corrected chi connectivity index (χ4v) is 7.34. The first-order valence-corrected chi connectivity index (χ1v) is 21.5. The van der Waals surface area contributed by atoms with Crippen LogP contribution in [0.1, 0.15) is 107 Å². The molecule has 0 spiro atoms. The highest BCUT2D eigenvalue weighted by Gasteiger charge is 2.38. The molecule has 0 radical (unpaired) electrons. The van der Waals surface area contributed by atoms with E-state index < -0.39 is 140 Å². The SMILES string of the molecule is O=C(O)CCC(NC(=O)[C@@H](CCC(=O)O)NC(=O)[C@H]1CC[C@H](C(=O)ON2C(=O)CCC2=O)CC1)C(=O)N[C@H](CCC(=O)O)C(=O)N[C@H](CCCCNC(=O)c1cccc(I)c1)C(=O)O. The van der Waals surface area contributed by atoms with Crippen molar-refractivity contribution < 1.29 is 82.8 Å². The van der Waals surface area contributed by atoms with Crippen LogP contribution in [-0.2, 0) is 57.6 Å². The highest BCUT2D eigenvalue weighted by molar-refractivity contribution is 14.1. The molecule has 3 rings (SSSR count). The molecule has 1 saturated carbocycles. The maximum Gasteiger partial charge on any atom is 0.336 e. The molecule has 24 heteroatoms. The van der Waals surface area contributed by atoms with Crippen molar-refractivity contribution >= 4 is 93.8 Å². The number of halogens is 1. The van der Waals surface area contributed by atoms with Gasteiger partial charge in [0.1, 0.15) is 24.2 Å². The van der Waals surface area contributed by atoms with Crippen LogP contribution >= 0.6 is 22.6 Å². The average molecular weight is 1010 g/mol. The van der Waals surface area contributed by atoms with Gasteiger partial charge in [0.15, 0.2) is 0 Å². The van der Waals surface area contributed by atoms with E-state index in [1.54, 1.807) is 18.2 Å². The molecular formula is C40H51IN6O17. The highest BCUT2D eigenvalue weighted by Crippen LogP contribution is 2.31. The lowest BCUT2D eigenvalue weighted by atomic mass is 9.81. The van der Waals surface area contributed by atoms with Gasteiger partial charge in [-0.3, -0.25) is 47.9 Å². The molecule has 1 aromatic rings. The third-order valence-corrected chi connectivity index (χ3v) is 11.0. The van der Waals surface area contributed by atoms with E-state index >= 15 is 0 Å². The number of unbranched alkanes of at least 4 members (excludes halogenated alkanes) is 1. The molecule has 4 atom stereocenters. The molecule has 7 amide bonds. The third kappa shape index (κ3) is 17.5. The Balaban J connectivity index is 1.65. The van der Waals surface area contributed by atoms with Gasteiger partial charge in [-0.2, -0.15) is 0 Å². The van der Waals surface area contributed by atoms with Crippen molar-refractivity contribution in [2.24, 2.45) is 11.8 Å². The Morgan fingerprint density at radius 1 is 0.641 bits per heavy atom. The maximum absolute atomic E-state index is 13.6. The van der Waals surface area contributed by atoms with Gasteiger partial charge in [0.2, 0.25) is 23.6 Å². The van der Waals surface area contributed by atoms with Crippen molar-refractivity contribution in [2.45, 2.75) is 120 Å². The number of carbonyl (C=O) groups excluding carboxylic acids is 8. The molecule has 1 aliphatic heterocycles. The van der Waals surface area contributed by atoms with Gasteiger partial charge in [0.25, 0.3) is 17.7 Å². The van der Waals surface area contributed by atoms with Crippen LogP contribution in [-0.4, -0.2) is 127 Å². The largest absolute Gasteiger partial charge is 0.481 e. The number of benzene rings is 1. The van der Waals surface area contributed by atoms with Crippen LogP contribution in [0, 0.1) is 15.4 Å². The second-order valence-electron chi connectivity index (χ2n) is 15.2. The second-order valence-corrected chi connectivity index (χ2v) is 16.4. The number of aliphatic carboxylic acids is 4. The summed E-state index contributed by atoms with van der Waals surface area (Å²) >= 11 is 2.06. The normalized spacial score (nSPS) is 17.7. The topological polar surface area (TPSA) is 358 Å². The molecule has 1 aliphatic carbocycles. The van der Waals surface area contributed by atoms with Crippen LogP contribution < -0.4 is 26.6 Å². The molecule has 2 fully saturated rings. The zero-order valence-corrected chi connectivity index (χ0v) is 36.7. The molecule has 9 N–H and O–H groups in total. The van der Waals surface area contributed by atoms with Gasteiger partial charge in [-0.1, -0.05) is 6.07 Å². The van der Waals surface area contributed by atoms with Crippen molar-refractivity contribution in [2.75, 3.05) is 6.54 Å². The Kier molecular flexibility index (Phi) is 21.0. The van der Waals surface area contributed by atoms with Gasteiger partial charge in [-0.05, 0) is 105 Å². The monoisotopic (exact) mass is 1010 g/mol. The van der Waals surface area contributed by atoms with Crippen LogP contribution in [0.25, 0.3) is 0 Å². The number of carboxylic acids is 4. The van der Waals surface area contributed by atoms with E-state index in [0.29, 0.717) is 17.0 Å². The number of nitrogens with one attached hydrogen (secondary N) is 5. The van der Waals surface area contributed by atoms with E-state index in [4.69, 9.17) is 4.84 Å². The van der Waals surface area contributed by atoms with Crippen molar-refractivity contribution in [3.05, 3.63) is 33.4 Å². The Hall–Kier alpha value is -6.21. The lowest BCUT2D eigenvalue weighted by Crippen LogP contribution is -2.58. The molecule has 1 saturated heterocycles. The van der Waals surface area contributed by atoms with Crippen LogP contribution in [0.5, 0.6) is 0 Å². The number of hydroxylamine groups is 2. The van der Waals surface area contributed by atoms with E-state index in [2.05, 4.69) is 49.2 Å². The number of carbonyl (C=O) groups is 12. The van der Waals surface area contributed by atoms with Gasteiger partial charge in [-0.25, -0.2) is 9.59 Å². The average Bonchev–Trinajstić information content (AvgIpc) is 3.56. The first-order valence-electron chi connectivity index (χ1n) is 20.5. The van der Waals surface area contributed by atoms with E-state index in [-0.39, 0.29) is 63.8 Å². The van der Waals surface area contributed by atoms with Crippen molar-refractivity contribution in [1.29, 1.82) is 0 Å². The summed E-state index contributed by atoms with van der Waals surface area (Å²) in [4.78, 5) is 154. The van der Waals surface area contributed by atoms with E-state index in [9.17, 15) is 78.0 Å². The number of nitrogens with zero attached hydrogens (tertiary/aromatic N) is 1. The second kappa shape index (κ2) is 25.8. The summed E-state index contributed by atoms with van der Waals surface area (Å²) in [7, 11) is 0. The molecule has 1 unspecified atom stereocenters. The van der Waals surface area contributed by atoms with Gasteiger partial charge in [0.05, 0.1) is 5.92 Å². The molecule has 23 nitrogen and oxygen atoms in total. The zero-order valence-electron chi connectivity index (χ0n) is 34.5. The summed E-state index contributed by atoms with van der Waals surface area (Å²) in [5.74, 6) is -13.7. The number of hydrogen-bond acceptors (Lipinski definition) is 13. The fourth-order valence-electron chi connectivity index (χ4n) is 6.79. The molecule has 2 aliphatic rings. The Labute approximate surface area is 379 Å². The predicted molar refractivity (Wildman–Crippen MR) is 224 cm³/mol. The lowest BCUT2D eigenvalue weighted by molar-refractivity contribution is -0.201. The number of rotatable bonds is 26. The maximum atomic E-state index is 13.6. The van der Waals surface area contributed by atoms with E-state index in [1.807, 2.05) is 6.07 Å². The summed E-state index contributed by atoms with van der Waals surface area (Å²) in [5.41, 5.74) is 0.430. The number of amides is 7.